The third-order valence-corrected chi connectivity index (χ3v) is 12.6. The largest absolute Gasteiger partial charge is 0.504 e. The molecular formula is C39H44N2O5. The number of likely N-dealkylation sites (N-methyl/N-ethyl adjacent to an activating group) is 2. The zero-order valence-corrected chi connectivity index (χ0v) is 27.6. The number of benzene rings is 2. The number of methoxy groups -OCH3 is 2. The minimum Gasteiger partial charge on any atom is -0.504 e. The van der Waals surface area contributed by atoms with Crippen LogP contribution in [-0.4, -0.2) is 79.6 Å². The van der Waals surface area contributed by atoms with E-state index in [-0.39, 0.29) is 28.8 Å². The summed E-state index contributed by atoms with van der Waals surface area (Å²) < 4.78 is 24.1. The molecule has 2 aromatic rings. The van der Waals surface area contributed by atoms with E-state index in [1.807, 2.05) is 0 Å². The fourth-order valence-electron chi connectivity index (χ4n) is 10.6. The molecule has 46 heavy (non-hydrogen) atoms. The molecule has 2 saturated heterocycles. The van der Waals surface area contributed by atoms with Crippen molar-refractivity contribution in [1.29, 1.82) is 0 Å². The van der Waals surface area contributed by atoms with Crippen LogP contribution in [0, 0.1) is 6.92 Å². The molecule has 4 aliphatic heterocycles. The second kappa shape index (κ2) is 9.91. The van der Waals surface area contributed by atoms with Crippen LogP contribution in [-0.2, 0) is 33.1 Å². The summed E-state index contributed by atoms with van der Waals surface area (Å²) in [5.74, 6) is 3.87. The standard InChI is InChI=1S/C20H23NO2.C19H21NO3/c1-4-21-10-9-20-14-7-8-16(22-3)19(20)23-18-12(2)5-6-13(17(18)20)11-15(14)21;1-3-20-9-8-19-12-5-7-15(22-2)18(19)23-17-14(21)6-4-11(16(17)19)10-13(12)20/h5-8,15,19H,4,9-11H2,1-3H3;4-7,13,18,21H,3,8-10H2,1-2H3/t15-,19+,20+;13-,18+,19+/m11/s1. The molecule has 0 unspecified atom stereocenters. The molecule has 8 aliphatic rings. The van der Waals surface area contributed by atoms with E-state index in [1.54, 1.807) is 25.9 Å². The van der Waals surface area contributed by atoms with Crippen LogP contribution in [0.1, 0.15) is 54.5 Å². The van der Waals surface area contributed by atoms with E-state index >= 15 is 0 Å². The molecule has 7 heteroatoms. The van der Waals surface area contributed by atoms with Crippen molar-refractivity contribution in [1.82, 2.24) is 9.80 Å². The Morgan fingerprint density at radius 2 is 1.24 bits per heavy atom. The monoisotopic (exact) mass is 620 g/mol. The van der Waals surface area contributed by atoms with E-state index in [0.717, 1.165) is 69.1 Å². The molecule has 4 heterocycles. The Morgan fingerprint density at radius 3 is 1.76 bits per heavy atom. The molecule has 2 spiro atoms. The van der Waals surface area contributed by atoms with Crippen LogP contribution < -0.4 is 9.47 Å². The Balaban J connectivity index is 0.000000127. The van der Waals surface area contributed by atoms with Gasteiger partial charge in [-0.25, -0.2) is 0 Å². The number of hydrogen-bond acceptors (Lipinski definition) is 7. The SMILES string of the molecule is CCN1CC[C@@]23C4=CC=C(OC)[C@@H]2Oc2c(C)ccc(c23)C[C@H]41.CCN1CC[C@@]23C4=CC=C(OC)[C@@H]2Oc2c(O)ccc(c23)C[C@H]41. The smallest absolute Gasteiger partial charge is 0.169 e. The van der Waals surface area contributed by atoms with E-state index < -0.39 is 0 Å². The summed E-state index contributed by atoms with van der Waals surface area (Å²) in [5, 5.41) is 10.3. The van der Waals surface area contributed by atoms with Gasteiger partial charge in [-0.15, -0.1) is 0 Å². The molecule has 0 radical (unpaired) electrons. The highest BCUT2D eigenvalue weighted by atomic mass is 16.5. The fraction of sp³-hybridized carbons (Fsp3) is 0.487. The molecule has 4 bridgehead atoms. The minimum atomic E-state index is -0.155. The van der Waals surface area contributed by atoms with Gasteiger partial charge in [-0.1, -0.05) is 44.2 Å². The average Bonchev–Trinajstić information content (AvgIpc) is 3.61. The van der Waals surface area contributed by atoms with Gasteiger partial charge in [0.1, 0.15) is 17.3 Å². The summed E-state index contributed by atoms with van der Waals surface area (Å²) in [6, 6.07) is 9.34. The number of allylic oxidation sites excluding steroid dienone is 4. The number of nitrogens with zero attached hydrogens (tertiary/aromatic N) is 2. The van der Waals surface area contributed by atoms with Crippen molar-refractivity contribution >= 4 is 0 Å². The predicted octanol–water partition coefficient (Wildman–Crippen LogP) is 5.63. The highest BCUT2D eigenvalue weighted by molar-refractivity contribution is 5.68. The van der Waals surface area contributed by atoms with E-state index in [4.69, 9.17) is 18.9 Å². The second-order valence-corrected chi connectivity index (χ2v) is 14.1. The lowest BCUT2D eigenvalue weighted by molar-refractivity contribution is 0.0663. The number of rotatable bonds is 4. The predicted molar refractivity (Wildman–Crippen MR) is 177 cm³/mol. The summed E-state index contributed by atoms with van der Waals surface area (Å²) in [4.78, 5) is 5.19. The summed E-state index contributed by atoms with van der Waals surface area (Å²) in [6.45, 7) is 11.0. The van der Waals surface area contributed by atoms with Gasteiger partial charge in [-0.2, -0.15) is 0 Å². The quantitative estimate of drug-likeness (QED) is 0.476. The molecule has 2 aromatic carbocycles. The molecule has 0 aromatic heterocycles. The van der Waals surface area contributed by atoms with Gasteiger partial charge in [0.25, 0.3) is 0 Å². The number of phenolic OH excluding ortho intramolecular Hbond substituents is 1. The minimum absolute atomic E-state index is 0.00532. The molecule has 1 N–H and O–H groups in total. The number of aryl methyl sites for hydroxylation is 1. The molecule has 2 fully saturated rings. The van der Waals surface area contributed by atoms with Crippen LogP contribution in [0.15, 0.2) is 71.2 Å². The van der Waals surface area contributed by atoms with Gasteiger partial charge in [-0.05, 0) is 91.8 Å². The lowest BCUT2D eigenvalue weighted by Crippen LogP contribution is -2.59. The zero-order chi connectivity index (χ0) is 31.5. The van der Waals surface area contributed by atoms with Crippen LogP contribution >= 0.6 is 0 Å². The normalized spacial score (nSPS) is 33.5. The fourth-order valence-corrected chi connectivity index (χ4v) is 10.6. The second-order valence-electron chi connectivity index (χ2n) is 14.1. The Kier molecular flexibility index (Phi) is 6.15. The van der Waals surface area contributed by atoms with Gasteiger partial charge in [0, 0.05) is 36.3 Å². The summed E-state index contributed by atoms with van der Waals surface area (Å²) in [7, 11) is 3.47. The number of phenols is 1. The first-order valence-electron chi connectivity index (χ1n) is 17.1. The van der Waals surface area contributed by atoms with E-state index in [2.05, 4.69) is 73.1 Å². The molecule has 7 nitrogen and oxygen atoms in total. The number of likely N-dealkylation sites (tertiary alicyclic amines) is 2. The Hall–Kier alpha value is -3.68. The molecule has 6 atom stereocenters. The maximum Gasteiger partial charge on any atom is 0.169 e. The van der Waals surface area contributed by atoms with Gasteiger partial charge >= 0.3 is 0 Å². The van der Waals surface area contributed by atoms with Crippen molar-refractivity contribution in [2.75, 3.05) is 40.4 Å². The van der Waals surface area contributed by atoms with Gasteiger partial charge < -0.3 is 24.1 Å². The van der Waals surface area contributed by atoms with Crippen molar-refractivity contribution in [3.05, 3.63) is 99.1 Å². The first-order chi connectivity index (χ1) is 22.4. The molecular weight excluding hydrogens is 576 g/mol. The van der Waals surface area contributed by atoms with Crippen LogP contribution in [0.25, 0.3) is 0 Å². The zero-order valence-electron chi connectivity index (χ0n) is 27.6. The van der Waals surface area contributed by atoms with E-state index in [1.165, 1.54) is 33.4 Å². The van der Waals surface area contributed by atoms with Crippen LogP contribution in [0.2, 0.25) is 0 Å². The molecule has 10 rings (SSSR count). The highest BCUT2D eigenvalue weighted by Crippen LogP contribution is 2.63. The summed E-state index contributed by atoms with van der Waals surface area (Å²) in [6.07, 6.45) is 12.9. The average molecular weight is 621 g/mol. The Morgan fingerprint density at radius 1 is 0.739 bits per heavy atom. The Labute approximate surface area is 271 Å². The summed E-state index contributed by atoms with van der Waals surface area (Å²) in [5.41, 5.74) is 9.56. The van der Waals surface area contributed by atoms with Gasteiger partial charge in [-0.3, -0.25) is 9.80 Å². The number of ether oxygens (including phenoxy) is 4. The van der Waals surface area contributed by atoms with Crippen molar-refractivity contribution in [3.8, 4) is 17.2 Å². The van der Waals surface area contributed by atoms with Crippen LogP contribution in [0.3, 0.4) is 0 Å². The summed E-state index contributed by atoms with van der Waals surface area (Å²) >= 11 is 0. The van der Waals surface area contributed by atoms with Gasteiger partial charge in [0.15, 0.2) is 23.7 Å². The molecule has 0 amide bonds. The van der Waals surface area contributed by atoms with Crippen LogP contribution in [0.5, 0.6) is 17.2 Å². The van der Waals surface area contributed by atoms with Gasteiger partial charge in [0.05, 0.1) is 25.0 Å². The first-order valence-corrected chi connectivity index (χ1v) is 17.1. The van der Waals surface area contributed by atoms with Crippen molar-refractivity contribution in [2.45, 2.75) is 81.6 Å². The molecule has 4 aliphatic carbocycles. The topological polar surface area (TPSA) is 63.6 Å². The number of piperidine rings is 2. The third-order valence-electron chi connectivity index (χ3n) is 12.6. The van der Waals surface area contributed by atoms with Gasteiger partial charge in [0.2, 0.25) is 0 Å². The molecule has 0 saturated carbocycles. The van der Waals surface area contributed by atoms with Crippen molar-refractivity contribution < 1.29 is 24.1 Å². The van der Waals surface area contributed by atoms with E-state index in [0.29, 0.717) is 17.8 Å². The van der Waals surface area contributed by atoms with Crippen molar-refractivity contribution in [2.24, 2.45) is 0 Å². The van der Waals surface area contributed by atoms with E-state index in [9.17, 15) is 5.11 Å². The first kappa shape index (κ1) is 28.5. The highest BCUT2D eigenvalue weighted by Gasteiger charge is 2.63. The maximum atomic E-state index is 10.3. The lowest BCUT2D eigenvalue weighted by atomic mass is 9.57. The van der Waals surface area contributed by atoms with Crippen molar-refractivity contribution in [3.63, 3.8) is 0 Å². The third kappa shape index (κ3) is 3.35. The number of hydrogen-bond donors (Lipinski definition) is 1. The lowest BCUT2D eigenvalue weighted by Gasteiger charge is -2.53. The Bertz CT molecular complexity index is 1660. The maximum absolute atomic E-state index is 10.3. The van der Waals surface area contributed by atoms with Crippen LogP contribution in [0.4, 0.5) is 0 Å². The number of aromatic hydroxyl groups is 1. The molecule has 240 valence electrons.